The molecule has 0 aromatic heterocycles. The Bertz CT molecular complexity index is 500. The summed E-state index contributed by atoms with van der Waals surface area (Å²) >= 11 is 0. The molecule has 13 heteroatoms. The van der Waals surface area contributed by atoms with E-state index in [1.165, 1.54) is 6.07 Å². The molecule has 0 fully saturated rings. The molecule has 0 N–H and O–H groups in total. The van der Waals surface area contributed by atoms with E-state index in [1.807, 2.05) is 0 Å². The van der Waals surface area contributed by atoms with Gasteiger partial charge in [0.25, 0.3) is 0 Å². The monoisotopic (exact) mass is 356 g/mol. The number of halogens is 10. The minimum Gasteiger partial charge on any atom is -0.838 e. The third-order valence-electron chi connectivity index (χ3n) is 2.68. The van der Waals surface area contributed by atoms with Crippen LogP contribution in [-0.2, 0) is 5.60 Å². The Kier molecular flexibility index (Phi) is 8.10. The van der Waals surface area contributed by atoms with Crippen molar-refractivity contribution in [3.05, 3.63) is 35.9 Å². The van der Waals surface area contributed by atoms with Gasteiger partial charge in [0.1, 0.15) is 0 Å². The van der Waals surface area contributed by atoms with Crippen molar-refractivity contribution in [3.63, 3.8) is 0 Å². The first-order chi connectivity index (χ1) is 9.61. The molecule has 126 valence electrons. The summed E-state index contributed by atoms with van der Waals surface area (Å²) in [7, 11) is 0. The summed E-state index contributed by atoms with van der Waals surface area (Å²) in [5, 5.41) is 11.7. The van der Waals surface area contributed by atoms with E-state index < -0.39 is 35.4 Å². The average Bonchev–Trinajstić information content (AvgIpc) is 2.35. The Morgan fingerprint density at radius 3 is 1.33 bits per heavy atom. The molecular weight excluding hydrogens is 352 g/mol. The van der Waals surface area contributed by atoms with Gasteiger partial charge in [-0.25, -0.2) is 0 Å². The molecule has 0 aliphatic carbocycles. The molecule has 0 atom stereocenters. The molecule has 0 saturated carbocycles. The van der Waals surface area contributed by atoms with Gasteiger partial charge in [-0.05, 0) is 0 Å². The third kappa shape index (κ3) is 3.75. The molecule has 0 aliphatic rings. The van der Waals surface area contributed by atoms with Crippen LogP contribution in [0.1, 0.15) is 5.56 Å². The molecule has 0 radical (unpaired) electrons. The van der Waals surface area contributed by atoms with Crippen molar-refractivity contribution >= 4 is 0 Å². The zero-order chi connectivity index (χ0) is 17.6. The molecule has 0 spiro atoms. The van der Waals surface area contributed by atoms with Crippen LogP contribution in [-0.4, -0.2) is 24.2 Å². The second-order valence-electron chi connectivity index (χ2n) is 4.10. The molecule has 24 heavy (non-hydrogen) atoms. The van der Waals surface area contributed by atoms with Crippen LogP contribution in [0.15, 0.2) is 24.3 Å². The van der Waals surface area contributed by atoms with E-state index in [0.29, 0.717) is 12.1 Å². The quantitative estimate of drug-likeness (QED) is 0.332. The Balaban J connectivity index is 0. The van der Waals surface area contributed by atoms with Crippen molar-refractivity contribution in [2.45, 2.75) is 29.8 Å². The van der Waals surface area contributed by atoms with Gasteiger partial charge in [0.2, 0.25) is 0 Å². The van der Waals surface area contributed by atoms with Crippen LogP contribution in [0.3, 0.4) is 0 Å². The van der Waals surface area contributed by atoms with E-state index in [2.05, 4.69) is 0 Å². The SMILES string of the molecule is [Li+].[Li+].[O-]C(c1[c-]cccc1)(C(F)(F)C(F)(F)F)C(F)(F)C(F)(F)F. The average molecular weight is 356 g/mol. The first-order valence-electron chi connectivity index (χ1n) is 5.17. The van der Waals surface area contributed by atoms with Crippen molar-refractivity contribution in [2.24, 2.45) is 0 Å². The first-order valence-corrected chi connectivity index (χ1v) is 5.17. The van der Waals surface area contributed by atoms with Crippen LogP contribution in [0.2, 0.25) is 0 Å². The molecule has 1 nitrogen and oxygen atoms in total. The van der Waals surface area contributed by atoms with Crippen LogP contribution in [0.4, 0.5) is 43.9 Å². The molecule has 1 aromatic carbocycles. The maximum Gasteiger partial charge on any atom is 1.00 e. The van der Waals surface area contributed by atoms with Gasteiger partial charge in [0, 0.05) is 5.60 Å². The normalized spacial score (nSPS) is 13.8. The van der Waals surface area contributed by atoms with Gasteiger partial charge in [0.05, 0.1) is 0 Å². The molecule has 0 unspecified atom stereocenters. The van der Waals surface area contributed by atoms with E-state index in [-0.39, 0.29) is 43.8 Å². The van der Waals surface area contributed by atoms with Crippen LogP contribution in [0.5, 0.6) is 0 Å². The number of hydrogen-bond donors (Lipinski definition) is 0. The Morgan fingerprint density at radius 2 is 1.08 bits per heavy atom. The summed E-state index contributed by atoms with van der Waals surface area (Å²) in [5.74, 6) is -13.8. The smallest absolute Gasteiger partial charge is 0.838 e. The Hall–Kier alpha value is -0.325. The molecule has 0 amide bonds. The fraction of sp³-hybridized carbons (Fsp3) is 0.455. The first kappa shape index (κ1) is 25.9. The minimum atomic E-state index is -6.94. The number of benzene rings is 1. The van der Waals surface area contributed by atoms with Gasteiger partial charge in [-0.2, -0.15) is 79.8 Å². The van der Waals surface area contributed by atoms with E-state index in [0.717, 1.165) is 6.07 Å². The van der Waals surface area contributed by atoms with E-state index >= 15 is 0 Å². The maximum absolute atomic E-state index is 13.3. The second-order valence-corrected chi connectivity index (χ2v) is 4.10. The summed E-state index contributed by atoms with van der Waals surface area (Å²) in [6, 6.07) is 3.17. The minimum absolute atomic E-state index is 0. The van der Waals surface area contributed by atoms with Crippen molar-refractivity contribution in [1.82, 2.24) is 0 Å². The number of hydrogen-bond acceptors (Lipinski definition) is 1. The molecular formula is C11H4F10Li2O. The van der Waals surface area contributed by atoms with Crippen LogP contribution >= 0.6 is 0 Å². The third-order valence-corrected chi connectivity index (χ3v) is 2.68. The maximum atomic E-state index is 13.3. The molecule has 1 aromatic rings. The standard InChI is InChI=1S/C11H4F10O.2Li/c12-8(13,10(16,17)18)7(22,6-4-2-1-3-5-6)9(14,15)11(19,20)21;;/h1-4H;;/q-2;2*+1. The second kappa shape index (κ2) is 7.51. The van der Waals surface area contributed by atoms with Crippen LogP contribution < -0.4 is 42.8 Å². The largest absolute Gasteiger partial charge is 1.00 e. The van der Waals surface area contributed by atoms with Crippen molar-refractivity contribution in [3.8, 4) is 0 Å². The summed E-state index contributed by atoms with van der Waals surface area (Å²) in [4.78, 5) is 0. The van der Waals surface area contributed by atoms with Crippen molar-refractivity contribution in [1.29, 1.82) is 0 Å². The Labute approximate surface area is 152 Å². The van der Waals surface area contributed by atoms with Gasteiger partial charge in [-0.3, -0.25) is 0 Å². The summed E-state index contributed by atoms with van der Waals surface area (Å²) < 4.78 is 127. The van der Waals surface area contributed by atoms with E-state index in [9.17, 15) is 49.0 Å². The zero-order valence-corrected chi connectivity index (χ0v) is 12.0. The topological polar surface area (TPSA) is 23.1 Å². The number of rotatable bonds is 3. The fourth-order valence-electron chi connectivity index (χ4n) is 1.55. The Morgan fingerprint density at radius 1 is 0.708 bits per heavy atom. The van der Waals surface area contributed by atoms with E-state index in [1.54, 1.807) is 0 Å². The molecule has 0 bridgehead atoms. The van der Waals surface area contributed by atoms with Crippen LogP contribution in [0.25, 0.3) is 0 Å². The summed E-state index contributed by atoms with van der Waals surface area (Å²) in [6.45, 7) is 0. The van der Waals surface area contributed by atoms with Crippen molar-refractivity contribution < 1.29 is 86.7 Å². The van der Waals surface area contributed by atoms with E-state index in [4.69, 9.17) is 0 Å². The van der Waals surface area contributed by atoms with Crippen molar-refractivity contribution in [2.75, 3.05) is 0 Å². The zero-order valence-electron chi connectivity index (χ0n) is 12.0. The summed E-state index contributed by atoms with van der Waals surface area (Å²) in [6.07, 6.45) is -13.9. The van der Waals surface area contributed by atoms with Gasteiger partial charge in [-0.1, -0.05) is 0 Å². The molecule has 0 aliphatic heterocycles. The van der Waals surface area contributed by atoms with Gasteiger partial charge >= 0.3 is 61.9 Å². The molecule has 0 saturated heterocycles. The van der Waals surface area contributed by atoms with Gasteiger partial charge in [-0.15, -0.1) is 0 Å². The number of alkyl halides is 10. The summed E-state index contributed by atoms with van der Waals surface area (Å²) in [5.41, 5.74) is -8.34. The molecule has 1 rings (SSSR count). The fourth-order valence-corrected chi connectivity index (χ4v) is 1.55. The predicted molar refractivity (Wildman–Crippen MR) is 49.0 cm³/mol. The predicted octanol–water partition coefficient (Wildman–Crippen LogP) is -2.55. The molecule has 0 heterocycles. The van der Waals surface area contributed by atoms with Crippen LogP contribution in [0, 0.1) is 6.07 Å². The van der Waals surface area contributed by atoms with Gasteiger partial charge in [0.15, 0.2) is 0 Å². The van der Waals surface area contributed by atoms with Gasteiger partial charge < -0.3 is 5.11 Å².